The van der Waals surface area contributed by atoms with Gasteiger partial charge in [0.05, 0.1) is 12.8 Å². The van der Waals surface area contributed by atoms with Crippen LogP contribution in [0.1, 0.15) is 26.6 Å². The van der Waals surface area contributed by atoms with Gasteiger partial charge in [-0.2, -0.15) is 0 Å². The molecule has 0 fully saturated rings. The van der Waals surface area contributed by atoms with Crippen LogP contribution in [0.15, 0.2) is 93.9 Å². The van der Waals surface area contributed by atoms with Gasteiger partial charge in [0.1, 0.15) is 11.3 Å². The van der Waals surface area contributed by atoms with Crippen LogP contribution >= 0.6 is 0 Å². The Morgan fingerprint density at radius 2 is 1.64 bits per heavy atom. The Kier molecular flexibility index (Phi) is 5.20. The van der Waals surface area contributed by atoms with Crippen molar-refractivity contribution in [2.75, 3.05) is 12.4 Å². The van der Waals surface area contributed by atoms with Crippen LogP contribution in [0.25, 0.3) is 22.3 Å². The van der Waals surface area contributed by atoms with Gasteiger partial charge in [-0.1, -0.05) is 47.6 Å². The van der Waals surface area contributed by atoms with Crippen molar-refractivity contribution in [2.45, 2.75) is 0 Å². The SMILES string of the molecule is COc1ccc(-c2cc(C(=O)Nc3c(C(=O)c4ccccc4)oc4ccccc34)no2)cc1. The lowest BCUT2D eigenvalue weighted by Crippen LogP contribution is -2.14. The number of anilines is 1. The zero-order valence-corrected chi connectivity index (χ0v) is 17.6. The first-order chi connectivity index (χ1) is 16.1. The van der Waals surface area contributed by atoms with Crippen molar-refractivity contribution in [2.24, 2.45) is 0 Å². The van der Waals surface area contributed by atoms with Gasteiger partial charge in [-0.05, 0) is 36.4 Å². The highest BCUT2D eigenvalue weighted by molar-refractivity contribution is 6.18. The summed E-state index contributed by atoms with van der Waals surface area (Å²) in [4.78, 5) is 26.1. The minimum atomic E-state index is -0.521. The van der Waals surface area contributed by atoms with E-state index in [9.17, 15) is 9.59 Å². The van der Waals surface area contributed by atoms with E-state index in [4.69, 9.17) is 13.7 Å². The number of ketones is 1. The second kappa shape index (κ2) is 8.47. The molecule has 7 nitrogen and oxygen atoms in total. The third kappa shape index (κ3) is 3.87. The van der Waals surface area contributed by atoms with Crippen molar-refractivity contribution in [3.8, 4) is 17.1 Å². The van der Waals surface area contributed by atoms with E-state index in [0.717, 1.165) is 5.56 Å². The number of furan rings is 1. The smallest absolute Gasteiger partial charge is 0.277 e. The lowest BCUT2D eigenvalue weighted by Gasteiger charge is -2.04. The molecule has 0 unspecified atom stereocenters. The average molecular weight is 438 g/mol. The van der Waals surface area contributed by atoms with Gasteiger partial charge in [0.25, 0.3) is 5.91 Å². The number of amides is 1. The highest BCUT2D eigenvalue weighted by atomic mass is 16.5. The summed E-state index contributed by atoms with van der Waals surface area (Å²) in [6.07, 6.45) is 0. The number of carbonyl (C=O) groups is 2. The molecule has 162 valence electrons. The maximum atomic E-state index is 13.1. The molecule has 2 aromatic heterocycles. The molecule has 0 bridgehead atoms. The number of hydrogen-bond donors (Lipinski definition) is 1. The Labute approximate surface area is 188 Å². The molecule has 5 aromatic rings. The maximum absolute atomic E-state index is 13.1. The number of carbonyl (C=O) groups excluding carboxylic acids is 2. The maximum Gasteiger partial charge on any atom is 0.277 e. The van der Waals surface area contributed by atoms with E-state index in [2.05, 4.69) is 10.5 Å². The van der Waals surface area contributed by atoms with E-state index in [1.165, 1.54) is 6.07 Å². The standard InChI is InChI=1S/C26H18N2O5/c1-31-18-13-11-16(12-14-18)22-15-20(28-33-22)26(30)27-23-19-9-5-6-10-21(19)32-25(23)24(29)17-7-3-2-4-8-17/h2-15H,1H3,(H,27,30). The van der Waals surface area contributed by atoms with Crippen LogP contribution in [0.3, 0.4) is 0 Å². The summed E-state index contributed by atoms with van der Waals surface area (Å²) in [7, 11) is 1.59. The molecule has 0 spiro atoms. The van der Waals surface area contributed by atoms with Gasteiger partial charge in [-0.15, -0.1) is 0 Å². The highest BCUT2D eigenvalue weighted by Gasteiger charge is 2.24. The molecule has 7 heteroatoms. The van der Waals surface area contributed by atoms with Gasteiger partial charge in [-0.25, -0.2) is 0 Å². The van der Waals surface area contributed by atoms with E-state index >= 15 is 0 Å². The molecular formula is C26H18N2O5. The highest BCUT2D eigenvalue weighted by Crippen LogP contribution is 2.33. The zero-order chi connectivity index (χ0) is 22.8. The van der Waals surface area contributed by atoms with E-state index in [1.807, 2.05) is 12.1 Å². The quantitative estimate of drug-likeness (QED) is 0.348. The lowest BCUT2D eigenvalue weighted by atomic mass is 10.1. The summed E-state index contributed by atoms with van der Waals surface area (Å²) in [5.41, 5.74) is 2.06. The number of methoxy groups -OCH3 is 1. The molecule has 0 radical (unpaired) electrons. The average Bonchev–Trinajstić information content (AvgIpc) is 3.50. The Morgan fingerprint density at radius 3 is 2.39 bits per heavy atom. The van der Waals surface area contributed by atoms with Crippen molar-refractivity contribution in [3.05, 3.63) is 102 Å². The van der Waals surface area contributed by atoms with Crippen molar-refractivity contribution in [3.63, 3.8) is 0 Å². The molecule has 1 N–H and O–H groups in total. The van der Waals surface area contributed by atoms with Crippen molar-refractivity contribution in [1.29, 1.82) is 0 Å². The van der Waals surface area contributed by atoms with Crippen LogP contribution in [0.2, 0.25) is 0 Å². The summed E-state index contributed by atoms with van der Waals surface area (Å²) in [6, 6.07) is 24.6. The number of nitrogens with zero attached hydrogens (tertiary/aromatic N) is 1. The van der Waals surface area contributed by atoms with Crippen molar-refractivity contribution in [1.82, 2.24) is 5.16 Å². The molecule has 0 saturated carbocycles. The van der Waals surface area contributed by atoms with Crippen LogP contribution in [0.5, 0.6) is 5.75 Å². The van der Waals surface area contributed by atoms with Crippen LogP contribution in [0, 0.1) is 0 Å². The minimum absolute atomic E-state index is 0.0506. The van der Waals surface area contributed by atoms with E-state index in [1.54, 1.807) is 73.8 Å². The topological polar surface area (TPSA) is 94.6 Å². The van der Waals surface area contributed by atoms with Crippen LogP contribution in [-0.4, -0.2) is 24.0 Å². The number of fused-ring (bicyclic) bond motifs is 1. The predicted octanol–water partition coefficient (Wildman–Crippen LogP) is 5.58. The third-order valence-corrected chi connectivity index (χ3v) is 5.19. The zero-order valence-electron chi connectivity index (χ0n) is 17.6. The molecule has 0 aliphatic heterocycles. The molecule has 1 amide bonds. The molecular weight excluding hydrogens is 420 g/mol. The number of ether oxygens (including phenoxy) is 1. The third-order valence-electron chi connectivity index (χ3n) is 5.19. The van der Waals surface area contributed by atoms with Gasteiger partial charge in [-0.3, -0.25) is 9.59 Å². The number of benzene rings is 3. The Balaban J connectivity index is 1.47. The fourth-order valence-corrected chi connectivity index (χ4v) is 3.50. The number of nitrogens with one attached hydrogen (secondary N) is 1. The van der Waals surface area contributed by atoms with Gasteiger partial charge in [0.2, 0.25) is 5.78 Å². The summed E-state index contributed by atoms with van der Waals surface area (Å²) >= 11 is 0. The van der Waals surface area contributed by atoms with Crippen LogP contribution in [0.4, 0.5) is 5.69 Å². The predicted molar refractivity (Wildman–Crippen MR) is 123 cm³/mol. The van der Waals surface area contributed by atoms with Crippen LogP contribution < -0.4 is 10.1 Å². The van der Waals surface area contributed by atoms with Gasteiger partial charge >= 0.3 is 0 Å². The minimum Gasteiger partial charge on any atom is -0.497 e. The van der Waals surface area contributed by atoms with Gasteiger partial charge in [0, 0.05) is 22.6 Å². The summed E-state index contributed by atoms with van der Waals surface area (Å²) in [5, 5.41) is 7.30. The summed E-state index contributed by atoms with van der Waals surface area (Å²) in [5.74, 6) is 0.335. The monoisotopic (exact) mass is 438 g/mol. The molecule has 5 rings (SSSR count). The molecule has 0 aliphatic carbocycles. The van der Waals surface area contributed by atoms with Gasteiger partial charge in [0.15, 0.2) is 17.2 Å². The number of aromatic nitrogens is 1. The Hall–Kier alpha value is -4.65. The molecule has 0 saturated heterocycles. The van der Waals surface area contributed by atoms with Crippen LogP contribution in [-0.2, 0) is 0 Å². The molecule has 2 heterocycles. The fourth-order valence-electron chi connectivity index (χ4n) is 3.50. The van der Waals surface area contributed by atoms with E-state index in [-0.39, 0.29) is 17.2 Å². The second-order valence-corrected chi connectivity index (χ2v) is 7.26. The number of hydrogen-bond acceptors (Lipinski definition) is 6. The molecule has 3 aromatic carbocycles. The molecule has 0 atom stereocenters. The van der Waals surface area contributed by atoms with E-state index < -0.39 is 5.91 Å². The molecule has 0 aliphatic rings. The summed E-state index contributed by atoms with van der Waals surface area (Å²) in [6.45, 7) is 0. The normalized spacial score (nSPS) is 10.8. The first-order valence-corrected chi connectivity index (χ1v) is 10.2. The largest absolute Gasteiger partial charge is 0.497 e. The first kappa shape index (κ1) is 20.3. The fraction of sp³-hybridized carbons (Fsp3) is 0.0385. The Morgan fingerprint density at radius 1 is 0.909 bits per heavy atom. The Bertz CT molecular complexity index is 1450. The van der Waals surface area contributed by atoms with Gasteiger partial charge < -0.3 is 19.0 Å². The summed E-state index contributed by atoms with van der Waals surface area (Å²) < 4.78 is 16.3. The number of para-hydroxylation sites is 1. The van der Waals surface area contributed by atoms with Crippen molar-refractivity contribution >= 4 is 28.3 Å². The molecule has 33 heavy (non-hydrogen) atoms. The lowest BCUT2D eigenvalue weighted by molar-refractivity contribution is 0.101. The number of rotatable bonds is 6. The first-order valence-electron chi connectivity index (χ1n) is 10.2. The van der Waals surface area contributed by atoms with E-state index in [0.29, 0.717) is 33.7 Å². The second-order valence-electron chi connectivity index (χ2n) is 7.26. The van der Waals surface area contributed by atoms with Crippen molar-refractivity contribution < 1.29 is 23.3 Å².